The van der Waals surface area contributed by atoms with E-state index in [1.807, 2.05) is 6.20 Å². The Labute approximate surface area is 200 Å². The number of fused-ring (bicyclic) bond motifs is 1. The maximum absolute atomic E-state index is 14.1. The van der Waals surface area contributed by atoms with Gasteiger partial charge >= 0.3 is 0 Å². The van der Waals surface area contributed by atoms with Crippen LogP contribution in [0.25, 0.3) is 22.2 Å². The summed E-state index contributed by atoms with van der Waals surface area (Å²) in [7, 11) is 0. The lowest BCUT2D eigenvalue weighted by Gasteiger charge is -2.23. The first-order chi connectivity index (χ1) is 16.4. The second kappa shape index (κ2) is 9.14. The summed E-state index contributed by atoms with van der Waals surface area (Å²) < 4.78 is 27.9. The minimum absolute atomic E-state index is 0.0638. The molecule has 2 heterocycles. The third-order valence-electron chi connectivity index (χ3n) is 6.14. The number of rotatable bonds is 7. The maximum atomic E-state index is 14.1. The molecule has 2 aromatic carbocycles. The summed E-state index contributed by atoms with van der Waals surface area (Å²) in [4.78, 5) is 27.2. The van der Waals surface area contributed by atoms with Gasteiger partial charge in [0.2, 0.25) is 0 Å². The van der Waals surface area contributed by atoms with Gasteiger partial charge in [-0.25, -0.2) is 13.8 Å². The van der Waals surface area contributed by atoms with Gasteiger partial charge in [-0.05, 0) is 73.6 Å². The molecule has 0 bridgehead atoms. The number of aryl methyl sites for hydroxylation is 1. The fourth-order valence-corrected chi connectivity index (χ4v) is 4.42. The third kappa shape index (κ3) is 4.66. The summed E-state index contributed by atoms with van der Waals surface area (Å²) in [5.41, 5.74) is 3.44. The number of H-pyrrole nitrogens is 1. The van der Waals surface area contributed by atoms with Crippen molar-refractivity contribution in [3.05, 3.63) is 82.4 Å². The number of carbonyl (C=O) groups is 1. The standard InChI is InChI=1S/C26H23ClF2N4O/c1-15-8-18(10-19(28)9-15)24-25(31-6-5-30-24)26(34)33(14-16-2-3-16)7-4-17-13-32-23-12-22(29)21(27)11-20(17)23/h5-6,8-13,16,32H,2-4,7,14H2,1H3. The molecule has 0 aliphatic heterocycles. The molecule has 0 unspecified atom stereocenters. The van der Waals surface area contributed by atoms with Crippen molar-refractivity contribution in [2.45, 2.75) is 26.2 Å². The molecule has 4 aromatic rings. The number of amides is 1. The van der Waals surface area contributed by atoms with Crippen molar-refractivity contribution < 1.29 is 13.6 Å². The van der Waals surface area contributed by atoms with E-state index in [2.05, 4.69) is 15.0 Å². The van der Waals surface area contributed by atoms with Gasteiger partial charge in [0.05, 0.1) is 5.02 Å². The Balaban J connectivity index is 1.43. The molecule has 1 saturated carbocycles. The molecule has 0 spiro atoms. The van der Waals surface area contributed by atoms with Gasteiger partial charge in [0.1, 0.15) is 17.3 Å². The number of aromatic nitrogens is 3. The molecule has 1 aliphatic carbocycles. The lowest BCUT2D eigenvalue weighted by Crippen LogP contribution is -2.35. The number of carbonyl (C=O) groups excluding carboxylic acids is 1. The van der Waals surface area contributed by atoms with Gasteiger partial charge in [-0.1, -0.05) is 11.6 Å². The van der Waals surface area contributed by atoms with Gasteiger partial charge in [-0.15, -0.1) is 0 Å². The summed E-state index contributed by atoms with van der Waals surface area (Å²) in [5.74, 6) is -0.632. The van der Waals surface area contributed by atoms with E-state index in [0.717, 1.165) is 29.4 Å². The summed E-state index contributed by atoms with van der Waals surface area (Å²) in [6.07, 6.45) is 7.55. The van der Waals surface area contributed by atoms with Crippen LogP contribution in [0.4, 0.5) is 8.78 Å². The van der Waals surface area contributed by atoms with Crippen LogP contribution in [0.3, 0.4) is 0 Å². The van der Waals surface area contributed by atoms with E-state index in [9.17, 15) is 13.6 Å². The summed E-state index contributed by atoms with van der Waals surface area (Å²) in [6.45, 7) is 2.87. The molecular formula is C26H23ClF2N4O. The van der Waals surface area contributed by atoms with E-state index in [-0.39, 0.29) is 22.4 Å². The fourth-order valence-electron chi connectivity index (χ4n) is 4.25. The molecule has 5 rings (SSSR count). The molecular weight excluding hydrogens is 458 g/mol. The number of aromatic amines is 1. The molecule has 1 amide bonds. The van der Waals surface area contributed by atoms with Crippen molar-refractivity contribution in [2.24, 2.45) is 5.92 Å². The monoisotopic (exact) mass is 480 g/mol. The molecule has 5 nitrogen and oxygen atoms in total. The summed E-state index contributed by atoms with van der Waals surface area (Å²) in [5, 5.41) is 0.898. The zero-order valence-corrected chi connectivity index (χ0v) is 19.4. The van der Waals surface area contributed by atoms with E-state index in [1.165, 1.54) is 30.6 Å². The lowest BCUT2D eigenvalue weighted by atomic mass is 10.1. The number of hydrogen-bond donors (Lipinski definition) is 1. The zero-order valence-electron chi connectivity index (χ0n) is 18.6. The van der Waals surface area contributed by atoms with Crippen LogP contribution in [-0.2, 0) is 6.42 Å². The molecule has 0 saturated heterocycles. The molecule has 2 aromatic heterocycles. The number of benzene rings is 2. The highest BCUT2D eigenvalue weighted by molar-refractivity contribution is 6.31. The molecule has 34 heavy (non-hydrogen) atoms. The van der Waals surface area contributed by atoms with Gasteiger partial charge in [0, 0.05) is 48.1 Å². The van der Waals surface area contributed by atoms with Crippen LogP contribution in [0.1, 0.15) is 34.5 Å². The Hall–Kier alpha value is -3.32. The topological polar surface area (TPSA) is 61.9 Å². The Kier molecular flexibility index (Phi) is 6.04. The predicted molar refractivity (Wildman–Crippen MR) is 128 cm³/mol. The average molecular weight is 481 g/mol. The van der Waals surface area contributed by atoms with E-state index in [4.69, 9.17) is 11.6 Å². The van der Waals surface area contributed by atoms with E-state index in [1.54, 1.807) is 24.0 Å². The first-order valence-corrected chi connectivity index (χ1v) is 11.6. The third-order valence-corrected chi connectivity index (χ3v) is 6.43. The number of nitrogens with one attached hydrogen (secondary N) is 1. The number of halogens is 3. The van der Waals surface area contributed by atoms with Crippen LogP contribution in [0.15, 0.2) is 48.9 Å². The Morgan fingerprint density at radius 2 is 1.94 bits per heavy atom. The Morgan fingerprint density at radius 3 is 2.71 bits per heavy atom. The van der Waals surface area contributed by atoms with Gasteiger partial charge < -0.3 is 9.88 Å². The SMILES string of the molecule is Cc1cc(F)cc(-c2nccnc2C(=O)N(CCc2c[nH]c3cc(F)c(Cl)cc23)CC2CC2)c1. The molecule has 1 fully saturated rings. The molecule has 8 heteroatoms. The van der Waals surface area contributed by atoms with Crippen molar-refractivity contribution >= 4 is 28.4 Å². The van der Waals surface area contributed by atoms with Crippen LogP contribution in [0.5, 0.6) is 0 Å². The smallest absolute Gasteiger partial charge is 0.274 e. The second-order valence-corrected chi connectivity index (χ2v) is 9.25. The molecule has 0 atom stereocenters. The van der Waals surface area contributed by atoms with E-state index < -0.39 is 5.82 Å². The lowest BCUT2D eigenvalue weighted by molar-refractivity contribution is 0.0744. The van der Waals surface area contributed by atoms with Crippen LogP contribution >= 0.6 is 11.6 Å². The van der Waals surface area contributed by atoms with Crippen LogP contribution in [0.2, 0.25) is 5.02 Å². The Morgan fingerprint density at radius 1 is 1.15 bits per heavy atom. The predicted octanol–water partition coefficient (Wildman–Crippen LogP) is 5.96. The van der Waals surface area contributed by atoms with Crippen molar-refractivity contribution in [2.75, 3.05) is 13.1 Å². The van der Waals surface area contributed by atoms with Crippen LogP contribution in [-0.4, -0.2) is 38.8 Å². The fraction of sp³-hybridized carbons (Fsp3) is 0.269. The summed E-state index contributed by atoms with van der Waals surface area (Å²) in [6, 6.07) is 7.58. The highest BCUT2D eigenvalue weighted by Crippen LogP contribution is 2.32. The van der Waals surface area contributed by atoms with E-state index in [0.29, 0.717) is 42.2 Å². The molecule has 174 valence electrons. The van der Waals surface area contributed by atoms with Crippen LogP contribution in [0, 0.1) is 24.5 Å². The second-order valence-electron chi connectivity index (χ2n) is 8.84. The highest BCUT2D eigenvalue weighted by Gasteiger charge is 2.29. The van der Waals surface area contributed by atoms with Crippen molar-refractivity contribution in [3.8, 4) is 11.3 Å². The molecule has 1 aliphatic rings. The number of hydrogen-bond acceptors (Lipinski definition) is 3. The normalized spacial score (nSPS) is 13.4. The first kappa shape index (κ1) is 22.5. The Bertz CT molecular complexity index is 1360. The zero-order chi connectivity index (χ0) is 23.8. The van der Waals surface area contributed by atoms with Crippen molar-refractivity contribution in [1.29, 1.82) is 0 Å². The largest absolute Gasteiger partial charge is 0.361 e. The van der Waals surface area contributed by atoms with Gasteiger partial charge in [0.25, 0.3) is 5.91 Å². The molecule has 0 radical (unpaired) electrons. The molecule has 1 N–H and O–H groups in total. The first-order valence-electron chi connectivity index (χ1n) is 11.2. The summed E-state index contributed by atoms with van der Waals surface area (Å²) >= 11 is 5.99. The van der Waals surface area contributed by atoms with Gasteiger partial charge in [-0.2, -0.15) is 0 Å². The quantitative estimate of drug-likeness (QED) is 0.355. The maximum Gasteiger partial charge on any atom is 0.274 e. The highest BCUT2D eigenvalue weighted by atomic mass is 35.5. The number of nitrogens with zero attached hydrogens (tertiary/aromatic N) is 3. The van der Waals surface area contributed by atoms with Gasteiger partial charge in [-0.3, -0.25) is 9.78 Å². The average Bonchev–Trinajstić information content (AvgIpc) is 3.56. The van der Waals surface area contributed by atoms with Crippen molar-refractivity contribution in [1.82, 2.24) is 19.9 Å². The van der Waals surface area contributed by atoms with Gasteiger partial charge in [0.15, 0.2) is 5.69 Å². The minimum atomic E-state index is -0.476. The van der Waals surface area contributed by atoms with Crippen molar-refractivity contribution in [3.63, 3.8) is 0 Å². The van der Waals surface area contributed by atoms with Crippen LogP contribution < -0.4 is 0 Å². The minimum Gasteiger partial charge on any atom is -0.361 e. The van der Waals surface area contributed by atoms with E-state index >= 15 is 0 Å².